The maximum absolute atomic E-state index is 11.8. The number of hydrogen-bond acceptors (Lipinski definition) is 2. The zero-order valence-electron chi connectivity index (χ0n) is 15.8. The van der Waals surface area contributed by atoms with E-state index in [4.69, 9.17) is 0 Å². The van der Waals surface area contributed by atoms with E-state index in [1.807, 2.05) is 12.2 Å². The fourth-order valence-corrected chi connectivity index (χ4v) is 7.64. The second-order valence-electron chi connectivity index (χ2n) is 9.31. The maximum Gasteiger partial charge on any atom is 0.155 e. The van der Waals surface area contributed by atoms with Gasteiger partial charge < -0.3 is 5.11 Å². The maximum atomic E-state index is 11.8. The Balaban J connectivity index is 1.65. The van der Waals surface area contributed by atoms with Gasteiger partial charge in [-0.2, -0.15) is 0 Å². The molecule has 3 saturated carbocycles. The van der Waals surface area contributed by atoms with Crippen molar-refractivity contribution in [3.8, 4) is 0 Å². The summed E-state index contributed by atoms with van der Waals surface area (Å²) in [6, 6.07) is 0. The van der Waals surface area contributed by atoms with Crippen molar-refractivity contribution < 1.29 is 9.90 Å². The number of rotatable bonds is 4. The number of hydrogen-bond donors (Lipinski definition) is 1. The molecule has 0 radical (unpaired) electrons. The van der Waals surface area contributed by atoms with Crippen LogP contribution in [-0.2, 0) is 4.79 Å². The number of allylic oxidation sites excluding steroid dienone is 1. The van der Waals surface area contributed by atoms with E-state index in [0.29, 0.717) is 17.6 Å². The Labute approximate surface area is 152 Å². The second-order valence-corrected chi connectivity index (χ2v) is 9.31. The molecular formula is C23H34O2. The molecule has 0 amide bonds. The lowest BCUT2D eigenvalue weighted by molar-refractivity contribution is -0.132. The van der Waals surface area contributed by atoms with Crippen LogP contribution in [-0.4, -0.2) is 16.5 Å². The number of ketones is 1. The summed E-state index contributed by atoms with van der Waals surface area (Å²) in [4.78, 5) is 11.8. The van der Waals surface area contributed by atoms with Crippen LogP contribution in [0.4, 0.5) is 0 Å². The monoisotopic (exact) mass is 342 g/mol. The van der Waals surface area contributed by atoms with Crippen molar-refractivity contribution in [2.45, 2.75) is 83.2 Å². The average molecular weight is 343 g/mol. The van der Waals surface area contributed by atoms with Gasteiger partial charge in [0.25, 0.3) is 0 Å². The molecule has 0 aliphatic heterocycles. The molecule has 1 unspecified atom stereocenters. The Morgan fingerprint density at radius 3 is 2.80 bits per heavy atom. The minimum atomic E-state index is -0.529. The van der Waals surface area contributed by atoms with Gasteiger partial charge in [0.1, 0.15) is 0 Å². The van der Waals surface area contributed by atoms with Gasteiger partial charge in [0.15, 0.2) is 5.78 Å². The summed E-state index contributed by atoms with van der Waals surface area (Å²) in [7, 11) is 0. The van der Waals surface area contributed by atoms with E-state index in [0.717, 1.165) is 56.8 Å². The molecule has 3 fully saturated rings. The van der Waals surface area contributed by atoms with Crippen LogP contribution in [0.25, 0.3) is 0 Å². The summed E-state index contributed by atoms with van der Waals surface area (Å²) in [5.41, 5.74) is 1.04. The highest BCUT2D eigenvalue weighted by atomic mass is 16.3. The lowest BCUT2D eigenvalue weighted by atomic mass is 9.49. The third kappa shape index (κ3) is 2.51. The van der Waals surface area contributed by atoms with Gasteiger partial charge in [-0.25, -0.2) is 0 Å². The summed E-state index contributed by atoms with van der Waals surface area (Å²) < 4.78 is 0. The molecule has 6 atom stereocenters. The van der Waals surface area contributed by atoms with Gasteiger partial charge in [0.2, 0.25) is 0 Å². The number of fused-ring (bicyclic) bond motifs is 5. The van der Waals surface area contributed by atoms with E-state index in [1.54, 1.807) is 0 Å². The molecule has 4 rings (SSSR count). The molecule has 0 bridgehead atoms. The van der Waals surface area contributed by atoms with Gasteiger partial charge in [0, 0.05) is 11.8 Å². The van der Waals surface area contributed by atoms with Gasteiger partial charge in [-0.1, -0.05) is 25.0 Å². The number of aliphatic hydroxyl groups is 1. The molecule has 0 aromatic rings. The standard InChI is InChI=1S/C23H34O2/c1-3-11-22-13-9-19-18-8-6-17(24)15-16(18)5-7-20(19)21(22)10-14-23(22,25)12-4-2/h4,15,18-21,25H,2-3,5-14H2,1H3/t18-,19+,20+,21-,22?,23-/m0/s1. The fourth-order valence-electron chi connectivity index (χ4n) is 7.64. The molecule has 0 heterocycles. The lowest BCUT2D eigenvalue weighted by Crippen LogP contribution is -2.54. The first-order valence-electron chi connectivity index (χ1n) is 10.6. The molecule has 4 aliphatic rings. The first-order chi connectivity index (χ1) is 12.0. The van der Waals surface area contributed by atoms with Crippen LogP contribution in [0.2, 0.25) is 0 Å². The third-order valence-corrected chi connectivity index (χ3v) is 8.48. The van der Waals surface area contributed by atoms with Gasteiger partial charge in [0.05, 0.1) is 5.60 Å². The smallest absolute Gasteiger partial charge is 0.155 e. The Morgan fingerprint density at radius 1 is 1.20 bits per heavy atom. The molecule has 138 valence electrons. The first-order valence-corrected chi connectivity index (χ1v) is 10.6. The Morgan fingerprint density at radius 2 is 2.04 bits per heavy atom. The van der Waals surface area contributed by atoms with Crippen LogP contribution in [0.5, 0.6) is 0 Å². The Kier molecular flexibility index (Phi) is 4.46. The van der Waals surface area contributed by atoms with Crippen molar-refractivity contribution in [1.29, 1.82) is 0 Å². The average Bonchev–Trinajstić information content (AvgIpc) is 2.88. The van der Waals surface area contributed by atoms with Crippen molar-refractivity contribution in [3.63, 3.8) is 0 Å². The zero-order valence-corrected chi connectivity index (χ0v) is 15.8. The minimum Gasteiger partial charge on any atom is -0.389 e. The van der Waals surface area contributed by atoms with Gasteiger partial charge >= 0.3 is 0 Å². The molecule has 2 heteroatoms. The zero-order chi connectivity index (χ0) is 17.7. The van der Waals surface area contributed by atoms with E-state index in [2.05, 4.69) is 13.5 Å². The van der Waals surface area contributed by atoms with Crippen molar-refractivity contribution in [2.24, 2.45) is 29.1 Å². The van der Waals surface area contributed by atoms with Crippen molar-refractivity contribution in [1.82, 2.24) is 0 Å². The molecular weight excluding hydrogens is 308 g/mol. The highest BCUT2D eigenvalue weighted by molar-refractivity contribution is 5.91. The summed E-state index contributed by atoms with van der Waals surface area (Å²) in [6.07, 6.45) is 15.8. The predicted octanol–water partition coefficient (Wildman–Crippen LogP) is 5.22. The molecule has 0 aromatic carbocycles. The molecule has 0 aromatic heterocycles. The van der Waals surface area contributed by atoms with Crippen LogP contribution in [0, 0.1) is 29.1 Å². The second kappa shape index (κ2) is 6.37. The van der Waals surface area contributed by atoms with Gasteiger partial charge in [-0.15, -0.1) is 6.58 Å². The molecule has 0 saturated heterocycles. The molecule has 1 N–H and O–H groups in total. The van der Waals surface area contributed by atoms with Crippen LogP contribution in [0.3, 0.4) is 0 Å². The quantitative estimate of drug-likeness (QED) is 0.712. The summed E-state index contributed by atoms with van der Waals surface area (Å²) >= 11 is 0. The molecule has 25 heavy (non-hydrogen) atoms. The van der Waals surface area contributed by atoms with Crippen molar-refractivity contribution >= 4 is 5.78 Å². The van der Waals surface area contributed by atoms with Crippen LogP contribution >= 0.6 is 0 Å². The summed E-state index contributed by atoms with van der Waals surface area (Å²) in [5.74, 6) is 3.20. The summed E-state index contributed by atoms with van der Waals surface area (Å²) in [5, 5.41) is 11.6. The van der Waals surface area contributed by atoms with Gasteiger partial charge in [-0.05, 0) is 87.5 Å². The summed E-state index contributed by atoms with van der Waals surface area (Å²) in [6.45, 7) is 6.22. The minimum absolute atomic E-state index is 0.114. The van der Waals surface area contributed by atoms with Crippen molar-refractivity contribution in [2.75, 3.05) is 0 Å². The first kappa shape index (κ1) is 17.5. The Hall–Kier alpha value is -0.890. The Bertz CT molecular complexity index is 591. The van der Waals surface area contributed by atoms with Crippen LogP contribution in [0.15, 0.2) is 24.3 Å². The predicted molar refractivity (Wildman–Crippen MR) is 101 cm³/mol. The molecule has 0 spiro atoms. The van der Waals surface area contributed by atoms with E-state index in [1.165, 1.54) is 31.3 Å². The number of carbonyl (C=O) groups is 1. The van der Waals surface area contributed by atoms with Gasteiger partial charge in [-0.3, -0.25) is 4.79 Å². The number of carbonyl (C=O) groups excluding carboxylic acids is 1. The topological polar surface area (TPSA) is 37.3 Å². The third-order valence-electron chi connectivity index (χ3n) is 8.48. The lowest BCUT2D eigenvalue weighted by Gasteiger charge is -2.57. The fraction of sp³-hybridized carbons (Fsp3) is 0.783. The molecule has 4 aliphatic carbocycles. The van der Waals surface area contributed by atoms with E-state index in [-0.39, 0.29) is 5.41 Å². The normalized spacial score (nSPS) is 46.0. The van der Waals surface area contributed by atoms with Crippen LogP contribution < -0.4 is 0 Å². The SMILES string of the molecule is C=CC[C@]1(O)CC[C@H]2[C@@H]3CCC4=CC(=O)CC[C@@H]4[C@H]3CCC21CCC. The highest BCUT2D eigenvalue weighted by Gasteiger charge is 2.63. The van der Waals surface area contributed by atoms with E-state index >= 15 is 0 Å². The molecule has 2 nitrogen and oxygen atoms in total. The van der Waals surface area contributed by atoms with E-state index in [9.17, 15) is 9.90 Å². The van der Waals surface area contributed by atoms with Crippen molar-refractivity contribution in [3.05, 3.63) is 24.3 Å². The largest absolute Gasteiger partial charge is 0.389 e. The van der Waals surface area contributed by atoms with E-state index < -0.39 is 5.60 Å². The van der Waals surface area contributed by atoms with Crippen LogP contribution in [0.1, 0.15) is 77.6 Å². The highest BCUT2D eigenvalue weighted by Crippen LogP contribution is 2.67.